The molecule has 0 bridgehead atoms. The molecule has 0 amide bonds. The lowest BCUT2D eigenvalue weighted by Gasteiger charge is -2.06. The van der Waals surface area contributed by atoms with Crippen LogP contribution in [0.15, 0.2) is 24.4 Å². The summed E-state index contributed by atoms with van der Waals surface area (Å²) in [6, 6.07) is 3.55. The second-order valence-corrected chi connectivity index (χ2v) is 3.55. The molecule has 2 aromatic rings. The lowest BCUT2D eigenvalue weighted by Crippen LogP contribution is -2.04. The third kappa shape index (κ3) is 1.90. The van der Waals surface area contributed by atoms with E-state index in [4.69, 9.17) is 5.11 Å². The molecule has 0 fully saturated rings. The van der Waals surface area contributed by atoms with E-state index in [9.17, 15) is 13.2 Å². The van der Waals surface area contributed by atoms with E-state index < -0.39 is 11.7 Å². The van der Waals surface area contributed by atoms with E-state index in [1.807, 2.05) is 0 Å². The molecule has 0 atom stereocenters. The quantitative estimate of drug-likeness (QED) is 0.816. The van der Waals surface area contributed by atoms with Crippen molar-refractivity contribution in [2.24, 2.45) is 0 Å². The molecule has 16 heavy (non-hydrogen) atoms. The van der Waals surface area contributed by atoms with Crippen LogP contribution in [0.25, 0.3) is 10.9 Å². The fraction of sp³-hybridized carbons (Fsp3) is 0.273. The zero-order valence-electron chi connectivity index (χ0n) is 8.30. The van der Waals surface area contributed by atoms with Crippen molar-refractivity contribution in [3.63, 3.8) is 0 Å². The standard InChI is InChI=1S/C11H10F3NO/c12-11(13,14)8-1-2-10-9(5-8)7(3-4-16)6-15-10/h1-2,5-6,15-16H,3-4H2. The van der Waals surface area contributed by atoms with E-state index in [0.29, 0.717) is 22.9 Å². The highest BCUT2D eigenvalue weighted by Gasteiger charge is 2.30. The number of aliphatic hydroxyl groups excluding tert-OH is 1. The summed E-state index contributed by atoms with van der Waals surface area (Å²) in [6.45, 7) is -0.0802. The Hall–Kier alpha value is -1.49. The lowest BCUT2D eigenvalue weighted by atomic mass is 10.1. The van der Waals surface area contributed by atoms with Gasteiger partial charge in [-0.3, -0.25) is 0 Å². The molecule has 0 unspecified atom stereocenters. The molecule has 1 aromatic heterocycles. The van der Waals surface area contributed by atoms with Crippen molar-refractivity contribution in [3.05, 3.63) is 35.5 Å². The van der Waals surface area contributed by atoms with Crippen LogP contribution in [-0.4, -0.2) is 16.7 Å². The molecule has 0 aliphatic rings. The van der Waals surface area contributed by atoms with Gasteiger partial charge in [0.1, 0.15) is 0 Å². The van der Waals surface area contributed by atoms with E-state index in [2.05, 4.69) is 4.98 Å². The number of benzene rings is 1. The van der Waals surface area contributed by atoms with Crippen LogP contribution in [0.3, 0.4) is 0 Å². The first-order valence-electron chi connectivity index (χ1n) is 4.80. The normalized spacial score (nSPS) is 12.2. The van der Waals surface area contributed by atoms with Gasteiger partial charge in [0, 0.05) is 23.7 Å². The lowest BCUT2D eigenvalue weighted by molar-refractivity contribution is -0.137. The van der Waals surface area contributed by atoms with Crippen molar-refractivity contribution >= 4 is 10.9 Å². The van der Waals surface area contributed by atoms with Crippen molar-refractivity contribution in [3.8, 4) is 0 Å². The Morgan fingerprint density at radius 2 is 2.00 bits per heavy atom. The van der Waals surface area contributed by atoms with Gasteiger partial charge in [0.15, 0.2) is 0 Å². The number of aromatic amines is 1. The average molecular weight is 229 g/mol. The molecule has 0 aliphatic carbocycles. The number of hydrogen-bond donors (Lipinski definition) is 2. The van der Waals surface area contributed by atoms with Crippen molar-refractivity contribution in [2.75, 3.05) is 6.61 Å². The molecule has 0 saturated carbocycles. The highest BCUT2D eigenvalue weighted by Crippen LogP contribution is 2.32. The third-order valence-corrected chi connectivity index (χ3v) is 2.48. The van der Waals surface area contributed by atoms with Gasteiger partial charge >= 0.3 is 6.18 Å². The zero-order valence-corrected chi connectivity index (χ0v) is 8.30. The van der Waals surface area contributed by atoms with Crippen LogP contribution in [0.5, 0.6) is 0 Å². The molecule has 0 aliphatic heterocycles. The number of rotatable bonds is 2. The zero-order chi connectivity index (χ0) is 11.8. The minimum Gasteiger partial charge on any atom is -0.396 e. The highest BCUT2D eigenvalue weighted by atomic mass is 19.4. The number of hydrogen-bond acceptors (Lipinski definition) is 1. The van der Waals surface area contributed by atoms with Crippen LogP contribution in [0.2, 0.25) is 0 Å². The summed E-state index contributed by atoms with van der Waals surface area (Å²) in [6.07, 6.45) is -2.36. The number of alkyl halides is 3. The van der Waals surface area contributed by atoms with E-state index in [0.717, 1.165) is 12.1 Å². The molecule has 1 heterocycles. The summed E-state index contributed by atoms with van der Waals surface area (Å²) in [4.78, 5) is 2.87. The first-order chi connectivity index (χ1) is 7.52. The van der Waals surface area contributed by atoms with E-state index in [1.54, 1.807) is 6.20 Å². The summed E-state index contributed by atoms with van der Waals surface area (Å²) in [7, 11) is 0. The van der Waals surface area contributed by atoms with Gasteiger partial charge in [0.05, 0.1) is 5.56 Å². The molecule has 86 valence electrons. The Morgan fingerprint density at radius 3 is 2.62 bits per heavy atom. The van der Waals surface area contributed by atoms with Gasteiger partial charge in [-0.1, -0.05) is 0 Å². The highest BCUT2D eigenvalue weighted by molar-refractivity contribution is 5.84. The number of aromatic nitrogens is 1. The Bertz CT molecular complexity index is 501. The van der Waals surface area contributed by atoms with Gasteiger partial charge in [-0.15, -0.1) is 0 Å². The Labute approximate surface area is 89.7 Å². The average Bonchev–Trinajstić information content (AvgIpc) is 2.60. The number of H-pyrrole nitrogens is 1. The van der Waals surface area contributed by atoms with Crippen LogP contribution < -0.4 is 0 Å². The Kier molecular flexibility index (Phi) is 2.63. The Balaban J connectivity index is 2.54. The molecule has 0 spiro atoms. The predicted octanol–water partition coefficient (Wildman–Crippen LogP) is 2.72. The largest absolute Gasteiger partial charge is 0.416 e. The monoisotopic (exact) mass is 229 g/mol. The Morgan fingerprint density at radius 1 is 1.25 bits per heavy atom. The smallest absolute Gasteiger partial charge is 0.396 e. The van der Waals surface area contributed by atoms with Gasteiger partial charge in [-0.2, -0.15) is 13.2 Å². The maximum atomic E-state index is 12.5. The molecule has 1 aromatic carbocycles. The van der Waals surface area contributed by atoms with Crippen LogP contribution in [0, 0.1) is 0 Å². The van der Waals surface area contributed by atoms with E-state index >= 15 is 0 Å². The maximum Gasteiger partial charge on any atom is 0.416 e. The van der Waals surface area contributed by atoms with Gasteiger partial charge in [-0.05, 0) is 30.2 Å². The molecular weight excluding hydrogens is 219 g/mol. The van der Waals surface area contributed by atoms with Crippen molar-refractivity contribution in [2.45, 2.75) is 12.6 Å². The second-order valence-electron chi connectivity index (χ2n) is 3.55. The fourth-order valence-corrected chi connectivity index (χ4v) is 1.68. The first-order valence-corrected chi connectivity index (χ1v) is 4.80. The summed E-state index contributed by atoms with van der Waals surface area (Å²) in [5, 5.41) is 9.31. The minimum absolute atomic E-state index is 0.0802. The maximum absolute atomic E-state index is 12.5. The number of aliphatic hydroxyl groups is 1. The van der Waals surface area contributed by atoms with E-state index in [1.165, 1.54) is 6.07 Å². The third-order valence-electron chi connectivity index (χ3n) is 2.48. The SMILES string of the molecule is OCCc1c[nH]c2ccc(C(F)(F)F)cc12. The van der Waals surface area contributed by atoms with Crippen molar-refractivity contribution in [1.82, 2.24) is 4.98 Å². The number of fused-ring (bicyclic) bond motifs is 1. The van der Waals surface area contributed by atoms with Gasteiger partial charge in [-0.25, -0.2) is 0 Å². The molecule has 2 N–H and O–H groups in total. The van der Waals surface area contributed by atoms with Crippen molar-refractivity contribution in [1.29, 1.82) is 0 Å². The second kappa shape index (κ2) is 3.83. The minimum atomic E-state index is -4.33. The summed E-state index contributed by atoms with van der Waals surface area (Å²) >= 11 is 0. The topological polar surface area (TPSA) is 36.0 Å². The number of halogens is 3. The van der Waals surface area contributed by atoms with Crippen LogP contribution >= 0.6 is 0 Å². The molecule has 5 heteroatoms. The van der Waals surface area contributed by atoms with Gasteiger partial charge < -0.3 is 10.1 Å². The van der Waals surface area contributed by atoms with E-state index in [-0.39, 0.29) is 6.61 Å². The summed E-state index contributed by atoms with van der Waals surface area (Å²) in [5.41, 5.74) is 0.679. The predicted molar refractivity (Wildman–Crippen MR) is 54.1 cm³/mol. The van der Waals surface area contributed by atoms with Crippen molar-refractivity contribution < 1.29 is 18.3 Å². The molecule has 2 rings (SSSR count). The van der Waals surface area contributed by atoms with Gasteiger partial charge in [0.25, 0.3) is 0 Å². The summed E-state index contributed by atoms with van der Waals surface area (Å²) in [5.74, 6) is 0. The van der Waals surface area contributed by atoms with Crippen LogP contribution in [0.4, 0.5) is 13.2 Å². The number of nitrogens with one attached hydrogen (secondary N) is 1. The molecular formula is C11H10F3NO. The van der Waals surface area contributed by atoms with Gasteiger partial charge in [0.2, 0.25) is 0 Å². The fourth-order valence-electron chi connectivity index (χ4n) is 1.68. The summed E-state index contributed by atoms with van der Waals surface area (Å²) < 4.78 is 37.4. The molecule has 2 nitrogen and oxygen atoms in total. The van der Waals surface area contributed by atoms with Crippen LogP contribution in [-0.2, 0) is 12.6 Å². The molecule has 0 radical (unpaired) electrons. The molecule has 0 saturated heterocycles. The van der Waals surface area contributed by atoms with Crippen LogP contribution in [0.1, 0.15) is 11.1 Å². The first kappa shape index (κ1) is 11.0.